The second kappa shape index (κ2) is 40.8. The quantitative estimate of drug-likeness (QED) is 0.0334. The Kier molecular flexibility index (Phi) is 41.2. The minimum Gasteiger partial charge on any atom is -0.481 e. The molecule has 0 aliphatic carbocycles. The van der Waals surface area contributed by atoms with Crippen LogP contribution < -0.4 is 0 Å². The molecule has 0 aliphatic heterocycles. The van der Waals surface area contributed by atoms with Gasteiger partial charge in [0.25, 0.3) is 0 Å². The number of benzene rings is 2. The Bertz CT molecular complexity index is 1100. The first-order valence-corrected chi connectivity index (χ1v) is 20.3. The average molecular weight is 795 g/mol. The maximum Gasteiger partial charge on any atom is 0.339 e. The van der Waals surface area contributed by atoms with Crippen molar-refractivity contribution in [1.82, 2.24) is 0 Å². The summed E-state index contributed by atoms with van der Waals surface area (Å²) in [5.74, 6) is -4.09. The van der Waals surface area contributed by atoms with Gasteiger partial charge in [-0.25, -0.2) is 9.59 Å². The van der Waals surface area contributed by atoms with E-state index in [1.54, 1.807) is 31.2 Å². The summed E-state index contributed by atoms with van der Waals surface area (Å²) in [6.45, 7) is 10.1. The summed E-state index contributed by atoms with van der Waals surface area (Å²) in [5, 5.41) is 49.2. The zero-order valence-electron chi connectivity index (χ0n) is 34.8. The fourth-order valence-corrected chi connectivity index (χ4v) is 4.28. The Balaban J connectivity index is -0.000000803. The van der Waals surface area contributed by atoms with E-state index < -0.39 is 36.0 Å². The fourth-order valence-electron chi connectivity index (χ4n) is 4.28. The van der Waals surface area contributed by atoms with Crippen LogP contribution in [0, 0.1) is 0 Å². The standard InChI is InChI=1S/C24H38O4.C6H10O4.C6H6.2C4H10O2/c1-3-5-7-9-11-15-19-27-23(25)21-17-13-14-18-22(21)24(26)28-20-16-12-10-8-6-4-2;7-5(8)3-1-2-4-6(9)10;1-2-4-6-5-3-1;1-3-4(2,5)6;1-2-3-4(5)6/h13-14,17-18H,3-12,15-16,19-20H2,1-2H3;1-4H2,(H,7,8)(H,9,10);1-6H;5-6H,3H2,1-2H3;4-6H,2-3H2,1H3. The Labute approximate surface area is 336 Å². The number of esters is 2. The number of hydrogen-bond acceptors (Lipinski definition) is 10. The van der Waals surface area contributed by atoms with Gasteiger partial charge in [-0.2, -0.15) is 0 Å². The normalized spacial score (nSPS) is 10.2. The average Bonchev–Trinajstić information content (AvgIpc) is 3.17. The summed E-state index contributed by atoms with van der Waals surface area (Å²) in [6, 6.07) is 18.7. The third kappa shape index (κ3) is 44.6. The van der Waals surface area contributed by atoms with E-state index in [2.05, 4.69) is 13.8 Å². The highest BCUT2D eigenvalue weighted by Crippen LogP contribution is 2.14. The number of carbonyl (C=O) groups excluding carboxylic acids is 2. The van der Waals surface area contributed by atoms with Crippen LogP contribution in [-0.2, 0) is 19.1 Å². The van der Waals surface area contributed by atoms with E-state index >= 15 is 0 Å². The summed E-state index contributed by atoms with van der Waals surface area (Å²) in [6.07, 6.45) is 15.2. The van der Waals surface area contributed by atoms with Crippen molar-refractivity contribution in [3.8, 4) is 0 Å². The Morgan fingerprint density at radius 1 is 0.536 bits per heavy atom. The van der Waals surface area contributed by atoms with Gasteiger partial charge in [0.1, 0.15) is 0 Å². The number of ether oxygens (including phenoxy) is 2. The molecule has 0 aromatic heterocycles. The van der Waals surface area contributed by atoms with Crippen LogP contribution in [0.3, 0.4) is 0 Å². The van der Waals surface area contributed by atoms with Gasteiger partial charge in [-0.3, -0.25) is 9.59 Å². The highest BCUT2D eigenvalue weighted by atomic mass is 16.5. The molecule has 0 saturated heterocycles. The number of aliphatic hydroxyl groups excluding tert-OH is 1. The van der Waals surface area contributed by atoms with Crippen LogP contribution in [-0.4, -0.2) is 79.8 Å². The van der Waals surface area contributed by atoms with Crippen LogP contribution in [0.4, 0.5) is 0 Å². The molecule has 0 amide bonds. The second-order valence-electron chi connectivity index (χ2n) is 13.3. The number of carboxylic acid groups (broad SMARTS) is 2. The monoisotopic (exact) mass is 795 g/mol. The van der Waals surface area contributed by atoms with Gasteiger partial charge in [-0.1, -0.05) is 147 Å². The van der Waals surface area contributed by atoms with Crippen LogP contribution >= 0.6 is 0 Å². The minimum absolute atomic E-state index is 0.0628. The molecule has 0 saturated carbocycles. The van der Waals surface area contributed by atoms with Crippen LogP contribution in [0.5, 0.6) is 0 Å². The van der Waals surface area contributed by atoms with Gasteiger partial charge < -0.3 is 40.1 Å². The summed E-state index contributed by atoms with van der Waals surface area (Å²) >= 11 is 0. The molecule has 0 unspecified atom stereocenters. The minimum atomic E-state index is -1.46. The van der Waals surface area contributed by atoms with Crippen molar-refractivity contribution in [1.29, 1.82) is 0 Å². The molecule has 0 radical (unpaired) electrons. The first kappa shape index (κ1) is 56.5. The number of hydrogen-bond donors (Lipinski definition) is 6. The molecule has 6 N–H and O–H groups in total. The largest absolute Gasteiger partial charge is 0.481 e. The van der Waals surface area contributed by atoms with Crippen molar-refractivity contribution in [2.24, 2.45) is 0 Å². The molecule has 12 heteroatoms. The highest BCUT2D eigenvalue weighted by Gasteiger charge is 2.18. The molecule has 2 aromatic rings. The Hall–Kier alpha value is -3.84. The lowest BCUT2D eigenvalue weighted by Gasteiger charge is -2.10. The van der Waals surface area contributed by atoms with Gasteiger partial charge in [0.2, 0.25) is 0 Å². The predicted octanol–water partition coefficient (Wildman–Crippen LogP) is 9.32. The number of carbonyl (C=O) groups is 4. The lowest BCUT2D eigenvalue weighted by Crippen LogP contribution is -2.20. The number of aliphatic carboxylic acids is 2. The molecular weight excluding hydrogens is 720 g/mol. The molecular formula is C44H74O12. The third-order valence-electron chi connectivity index (χ3n) is 7.74. The summed E-state index contributed by atoms with van der Waals surface area (Å²) in [4.78, 5) is 44.5. The first-order chi connectivity index (χ1) is 26.7. The van der Waals surface area contributed by atoms with Crippen molar-refractivity contribution < 1.29 is 59.3 Å². The van der Waals surface area contributed by atoms with E-state index in [1.165, 1.54) is 58.3 Å². The van der Waals surface area contributed by atoms with Gasteiger partial charge in [0, 0.05) is 12.8 Å². The lowest BCUT2D eigenvalue weighted by molar-refractivity contribution is -0.146. The van der Waals surface area contributed by atoms with Crippen LogP contribution in [0.2, 0.25) is 0 Å². The highest BCUT2D eigenvalue weighted by molar-refractivity contribution is 6.03. The van der Waals surface area contributed by atoms with Gasteiger partial charge in [0.15, 0.2) is 12.1 Å². The Morgan fingerprint density at radius 3 is 1.11 bits per heavy atom. The zero-order valence-corrected chi connectivity index (χ0v) is 34.8. The van der Waals surface area contributed by atoms with Crippen molar-refractivity contribution in [2.45, 2.75) is 169 Å². The molecule has 0 aliphatic rings. The van der Waals surface area contributed by atoms with Crippen molar-refractivity contribution in [3.63, 3.8) is 0 Å². The smallest absolute Gasteiger partial charge is 0.339 e. The third-order valence-corrected chi connectivity index (χ3v) is 7.74. The van der Waals surface area contributed by atoms with Crippen LogP contribution in [0.25, 0.3) is 0 Å². The van der Waals surface area contributed by atoms with Gasteiger partial charge in [-0.05, 0) is 57.6 Å². The molecule has 56 heavy (non-hydrogen) atoms. The van der Waals surface area contributed by atoms with Gasteiger partial charge in [0.05, 0.1) is 24.3 Å². The second-order valence-corrected chi connectivity index (χ2v) is 13.3. The van der Waals surface area contributed by atoms with Crippen molar-refractivity contribution >= 4 is 23.9 Å². The van der Waals surface area contributed by atoms with E-state index in [0.29, 0.717) is 50.0 Å². The number of aliphatic hydroxyl groups is 4. The van der Waals surface area contributed by atoms with Crippen molar-refractivity contribution in [3.05, 3.63) is 71.8 Å². The fraction of sp³-hybridized carbons (Fsp3) is 0.636. The van der Waals surface area contributed by atoms with Crippen molar-refractivity contribution in [2.75, 3.05) is 13.2 Å². The molecule has 12 nitrogen and oxygen atoms in total. The SMILES string of the molecule is CCC(C)(O)O.CCCC(O)O.CCCCCCCCOC(=O)c1ccccc1C(=O)OCCCCCCCC.O=C(O)CCCCC(=O)O.c1ccccc1. The van der Waals surface area contributed by atoms with Crippen LogP contribution in [0.15, 0.2) is 60.7 Å². The molecule has 0 spiro atoms. The molecule has 0 bridgehead atoms. The van der Waals surface area contributed by atoms with E-state index in [1.807, 2.05) is 43.3 Å². The summed E-state index contributed by atoms with van der Waals surface area (Å²) < 4.78 is 10.7. The topological polar surface area (TPSA) is 208 Å². The molecule has 0 atom stereocenters. The van der Waals surface area contributed by atoms with E-state index in [-0.39, 0.29) is 12.8 Å². The first-order valence-electron chi connectivity index (χ1n) is 20.3. The number of carboxylic acids is 2. The number of rotatable bonds is 24. The van der Waals surface area contributed by atoms with E-state index in [0.717, 1.165) is 32.1 Å². The van der Waals surface area contributed by atoms with E-state index in [4.69, 9.17) is 40.1 Å². The van der Waals surface area contributed by atoms with Gasteiger partial charge >= 0.3 is 23.9 Å². The zero-order chi connectivity index (χ0) is 42.9. The van der Waals surface area contributed by atoms with Gasteiger partial charge in [-0.15, -0.1) is 0 Å². The predicted molar refractivity (Wildman–Crippen MR) is 220 cm³/mol. The molecule has 2 aromatic carbocycles. The van der Waals surface area contributed by atoms with Crippen LogP contribution in [0.1, 0.15) is 177 Å². The maximum atomic E-state index is 12.4. The number of unbranched alkanes of at least 4 members (excludes halogenated alkanes) is 11. The summed E-state index contributed by atoms with van der Waals surface area (Å²) in [7, 11) is 0. The molecule has 0 heterocycles. The Morgan fingerprint density at radius 2 is 0.857 bits per heavy atom. The summed E-state index contributed by atoms with van der Waals surface area (Å²) in [5.41, 5.74) is 0.586. The van der Waals surface area contributed by atoms with E-state index in [9.17, 15) is 19.2 Å². The maximum absolute atomic E-state index is 12.4. The lowest BCUT2D eigenvalue weighted by atomic mass is 10.1. The molecule has 0 fully saturated rings. The molecule has 2 rings (SSSR count). The molecule has 322 valence electrons.